The van der Waals surface area contributed by atoms with E-state index in [4.69, 9.17) is 9.97 Å². The quantitative estimate of drug-likeness (QED) is 0.129. The van der Waals surface area contributed by atoms with Crippen LogP contribution in [0, 0.1) is 17.2 Å². The lowest BCUT2D eigenvalue weighted by atomic mass is 9.72. The number of anilines is 4. The van der Waals surface area contributed by atoms with E-state index in [0.717, 1.165) is 85.4 Å². The van der Waals surface area contributed by atoms with Crippen LogP contribution in [0.15, 0.2) is 73.2 Å². The predicted molar refractivity (Wildman–Crippen MR) is 288 cm³/mol. The Labute approximate surface area is 443 Å². The molecule has 0 bridgehead atoms. The van der Waals surface area contributed by atoms with E-state index in [1.165, 1.54) is 25.3 Å². The van der Waals surface area contributed by atoms with Crippen molar-refractivity contribution < 1.29 is 28.4 Å². The van der Waals surface area contributed by atoms with E-state index in [2.05, 4.69) is 69.3 Å². The minimum Gasteiger partial charge on any atom is -0.370 e. The van der Waals surface area contributed by atoms with E-state index < -0.39 is 16.7 Å². The van der Waals surface area contributed by atoms with E-state index in [1.54, 1.807) is 30.7 Å². The third kappa shape index (κ3) is 8.98. The molecule has 2 aromatic carbocycles. The number of nitrogens with zero attached hydrogens (tertiary/aromatic N) is 9. The number of para-hydroxylation sites is 1. The standard InChI is InChI=1S/C59H70FN11O5/c1-37(2)70-36-62-49-34-48(64-53(52(49)70)63-47-10-6-5-9-45(47)60)39-11-14-44-50(31-39)71(42-32-41(33-42)66-23-7-4-8-24-66)57(76)59(44)21-29-69(30-22-59)56(75)58(3)19-27-68(28-20-58)55(74)38-17-25-67(26-18-38)40-12-15-46(61-35-40)43-13-16-51(72)65-54(43)73/h5-6,9-12,14-15,31,34-38,41-43H,4,7-8,13,16-30,32-33H2,1-3H3,(H,63,64)(H,65,72,73). The fourth-order valence-electron chi connectivity index (χ4n) is 13.6. The first kappa shape index (κ1) is 50.1. The second kappa shape index (κ2) is 20.0. The van der Waals surface area contributed by atoms with Gasteiger partial charge in [0.2, 0.25) is 29.5 Å². The number of carbonyl (C=O) groups excluding carboxylic acids is 5. The van der Waals surface area contributed by atoms with Crippen LogP contribution in [0.5, 0.6) is 0 Å². The van der Waals surface area contributed by atoms with Gasteiger partial charge in [-0.1, -0.05) is 37.6 Å². The zero-order valence-electron chi connectivity index (χ0n) is 44.1. The van der Waals surface area contributed by atoms with Crippen LogP contribution < -0.4 is 20.4 Å². The molecule has 5 aromatic rings. The molecule has 2 N–H and O–H groups in total. The van der Waals surface area contributed by atoms with Crippen molar-refractivity contribution in [3.05, 3.63) is 90.3 Å². The molecule has 5 amide bonds. The van der Waals surface area contributed by atoms with Crippen LogP contribution in [0.25, 0.3) is 22.3 Å². The molecule has 398 valence electrons. The summed E-state index contributed by atoms with van der Waals surface area (Å²) in [6, 6.07) is 19.4. The molecule has 0 radical (unpaired) electrons. The highest BCUT2D eigenvalue weighted by atomic mass is 19.1. The van der Waals surface area contributed by atoms with Crippen LogP contribution in [-0.4, -0.2) is 128 Å². The van der Waals surface area contributed by atoms with Crippen LogP contribution >= 0.6 is 0 Å². The summed E-state index contributed by atoms with van der Waals surface area (Å²) >= 11 is 0. The Bertz CT molecular complexity index is 3070. The highest BCUT2D eigenvalue weighted by Gasteiger charge is 2.56. The predicted octanol–water partition coefficient (Wildman–Crippen LogP) is 8.25. The number of fused-ring (bicyclic) bond motifs is 3. The lowest BCUT2D eigenvalue weighted by Gasteiger charge is -2.48. The molecule has 76 heavy (non-hydrogen) atoms. The Morgan fingerprint density at radius 2 is 1.54 bits per heavy atom. The number of hydrogen-bond acceptors (Lipinski definition) is 11. The molecule has 1 atom stereocenters. The summed E-state index contributed by atoms with van der Waals surface area (Å²) in [7, 11) is 0. The number of nitrogens with one attached hydrogen (secondary N) is 2. The first-order valence-corrected chi connectivity index (χ1v) is 28.0. The maximum absolute atomic E-state index is 15.4. The fraction of sp³-hybridized carbons (Fsp3) is 0.525. The Hall–Kier alpha value is -6.75. The van der Waals surface area contributed by atoms with Gasteiger partial charge < -0.3 is 34.4 Å². The fourth-order valence-corrected chi connectivity index (χ4v) is 13.6. The number of piperidine rings is 5. The second-order valence-corrected chi connectivity index (χ2v) is 23.3. The van der Waals surface area contributed by atoms with Crippen molar-refractivity contribution in [3.8, 4) is 11.3 Å². The molecule has 9 heterocycles. The zero-order chi connectivity index (χ0) is 52.5. The molecule has 6 aliphatic heterocycles. The van der Waals surface area contributed by atoms with E-state index in [1.807, 2.05) is 32.6 Å². The lowest BCUT2D eigenvalue weighted by Crippen LogP contribution is -2.59. The molecular weight excluding hydrogens is 962 g/mol. The minimum atomic E-state index is -0.756. The average molecular weight is 1030 g/mol. The molecule has 16 nitrogen and oxygen atoms in total. The average Bonchev–Trinajstić information content (AvgIpc) is 4.18. The number of amides is 5. The SMILES string of the molecule is CC(C)n1cnc2cc(-c3ccc4c(c3)N(C3CC(N5CCCCC5)C3)C(=O)C43CCN(C(=O)C4(C)CCN(C(=O)C5CCN(c6ccc(C7CCC(=O)NC7=O)nc6)CC5)CC4)CC3)nc(Nc3ccccc3F)c21. The summed E-state index contributed by atoms with van der Waals surface area (Å²) in [5.41, 5.74) is 5.56. The number of hydrogen-bond donors (Lipinski definition) is 2. The van der Waals surface area contributed by atoms with Gasteiger partial charge in [0.1, 0.15) is 11.3 Å². The summed E-state index contributed by atoms with van der Waals surface area (Å²) in [6.07, 6.45) is 13.7. The van der Waals surface area contributed by atoms with Gasteiger partial charge in [0.15, 0.2) is 5.82 Å². The first-order valence-electron chi connectivity index (χ1n) is 28.0. The number of rotatable bonds is 10. The number of carbonyl (C=O) groups is 5. The molecule has 3 aromatic heterocycles. The summed E-state index contributed by atoms with van der Waals surface area (Å²) in [4.78, 5) is 93.5. The number of benzene rings is 2. The molecule has 5 saturated heterocycles. The molecule has 1 spiro atoms. The van der Waals surface area contributed by atoms with Crippen molar-refractivity contribution in [2.75, 3.05) is 67.5 Å². The molecule has 12 rings (SSSR count). The van der Waals surface area contributed by atoms with Gasteiger partial charge in [-0.25, -0.2) is 14.4 Å². The monoisotopic (exact) mass is 1030 g/mol. The molecule has 1 unspecified atom stereocenters. The van der Waals surface area contributed by atoms with Crippen molar-refractivity contribution in [3.63, 3.8) is 0 Å². The smallest absolute Gasteiger partial charge is 0.238 e. The third-order valence-corrected chi connectivity index (χ3v) is 18.5. The number of imide groups is 1. The van der Waals surface area contributed by atoms with Crippen molar-refractivity contribution in [1.82, 2.24) is 39.5 Å². The first-order chi connectivity index (χ1) is 36.8. The molecular formula is C59H70FN11O5. The summed E-state index contributed by atoms with van der Waals surface area (Å²) in [5.74, 6) is -0.512. The van der Waals surface area contributed by atoms with Gasteiger partial charge in [-0.15, -0.1) is 0 Å². The molecule has 1 aliphatic carbocycles. The van der Waals surface area contributed by atoms with Gasteiger partial charge in [-0.2, -0.15) is 0 Å². The number of pyridine rings is 2. The Kier molecular flexibility index (Phi) is 13.2. The van der Waals surface area contributed by atoms with E-state index in [0.29, 0.717) is 93.6 Å². The Morgan fingerprint density at radius 1 is 0.803 bits per heavy atom. The van der Waals surface area contributed by atoms with E-state index in [-0.39, 0.29) is 53.4 Å². The Morgan fingerprint density at radius 3 is 2.24 bits per heavy atom. The van der Waals surface area contributed by atoms with Gasteiger partial charge in [0, 0.05) is 86.4 Å². The van der Waals surface area contributed by atoms with Crippen molar-refractivity contribution in [2.45, 2.75) is 134 Å². The van der Waals surface area contributed by atoms with Crippen LogP contribution in [0.2, 0.25) is 0 Å². The van der Waals surface area contributed by atoms with Gasteiger partial charge in [-0.3, -0.25) is 34.3 Å². The maximum atomic E-state index is 15.4. The highest BCUT2D eigenvalue weighted by molar-refractivity contribution is 6.10. The lowest BCUT2D eigenvalue weighted by molar-refractivity contribution is -0.150. The normalized spacial score (nSPS) is 24.0. The summed E-state index contributed by atoms with van der Waals surface area (Å²) in [6.45, 7) is 11.9. The number of imidazole rings is 1. The summed E-state index contributed by atoms with van der Waals surface area (Å²) < 4.78 is 17.2. The molecule has 7 aliphatic rings. The van der Waals surface area contributed by atoms with Crippen LogP contribution in [0.3, 0.4) is 0 Å². The van der Waals surface area contributed by atoms with Crippen molar-refractivity contribution in [2.24, 2.45) is 11.3 Å². The number of likely N-dealkylation sites (tertiary alicyclic amines) is 3. The topological polar surface area (TPSA) is 169 Å². The zero-order valence-corrected chi connectivity index (χ0v) is 44.1. The Balaban J connectivity index is 0.722. The molecule has 6 fully saturated rings. The van der Waals surface area contributed by atoms with Crippen LogP contribution in [0.1, 0.15) is 127 Å². The maximum Gasteiger partial charge on any atom is 0.238 e. The minimum absolute atomic E-state index is 0.0745. The van der Waals surface area contributed by atoms with Gasteiger partial charge in [-0.05, 0) is 140 Å². The third-order valence-electron chi connectivity index (χ3n) is 18.5. The second-order valence-electron chi connectivity index (χ2n) is 23.3. The van der Waals surface area contributed by atoms with Gasteiger partial charge >= 0.3 is 0 Å². The number of aromatic nitrogens is 4. The summed E-state index contributed by atoms with van der Waals surface area (Å²) in [5, 5.41) is 5.70. The number of halogens is 1. The van der Waals surface area contributed by atoms with Crippen LogP contribution in [0.4, 0.5) is 27.3 Å². The van der Waals surface area contributed by atoms with Gasteiger partial charge in [0.05, 0.1) is 52.1 Å². The van der Waals surface area contributed by atoms with Gasteiger partial charge in [0.25, 0.3) is 0 Å². The molecule has 17 heteroatoms. The molecule has 1 saturated carbocycles. The highest BCUT2D eigenvalue weighted by Crippen LogP contribution is 2.53. The largest absolute Gasteiger partial charge is 0.370 e. The van der Waals surface area contributed by atoms with Crippen molar-refractivity contribution in [1.29, 1.82) is 0 Å². The van der Waals surface area contributed by atoms with Crippen molar-refractivity contribution >= 4 is 63.4 Å². The van der Waals surface area contributed by atoms with Crippen LogP contribution in [-0.2, 0) is 29.4 Å². The van der Waals surface area contributed by atoms with E-state index >= 15 is 9.18 Å². The van der Waals surface area contributed by atoms with E-state index in [9.17, 15) is 19.2 Å².